The quantitative estimate of drug-likeness (QED) is 0.798. The minimum atomic E-state index is -4.95. The van der Waals surface area contributed by atoms with E-state index in [9.17, 15) is 23.1 Å². The van der Waals surface area contributed by atoms with Gasteiger partial charge in [-0.2, -0.15) is 13.2 Å². The average molecular weight is 364 g/mol. The third-order valence-corrected chi connectivity index (χ3v) is 3.99. The van der Waals surface area contributed by atoms with Crippen molar-refractivity contribution in [2.45, 2.75) is 18.3 Å². The molecule has 0 saturated carbocycles. The summed E-state index contributed by atoms with van der Waals surface area (Å²) in [6.45, 7) is 0. The number of aliphatic hydroxyl groups is 1. The van der Waals surface area contributed by atoms with E-state index >= 15 is 0 Å². The number of nitrogens with one attached hydrogen (secondary N) is 1. The fourth-order valence-corrected chi connectivity index (χ4v) is 2.58. The largest absolute Gasteiger partial charge is 0.484 e. The average Bonchev–Trinajstić information content (AvgIpc) is 2.77. The molecule has 0 spiro atoms. The SMILES string of the molecule is COC1=Nc2cc(C(=O)c3ccccc3)ccc2NC(O)(C(F)(F)F)C1. The van der Waals surface area contributed by atoms with Gasteiger partial charge in [-0.15, -0.1) is 0 Å². The Labute approximate surface area is 147 Å². The van der Waals surface area contributed by atoms with E-state index in [1.54, 1.807) is 30.3 Å². The van der Waals surface area contributed by atoms with Gasteiger partial charge in [0.25, 0.3) is 0 Å². The van der Waals surface area contributed by atoms with E-state index in [4.69, 9.17) is 4.74 Å². The number of aliphatic imine (C=N–C) groups is 1. The van der Waals surface area contributed by atoms with Gasteiger partial charge < -0.3 is 15.2 Å². The molecule has 2 aromatic carbocycles. The van der Waals surface area contributed by atoms with Crippen LogP contribution in [0.1, 0.15) is 22.3 Å². The van der Waals surface area contributed by atoms with Crippen molar-refractivity contribution in [1.29, 1.82) is 0 Å². The molecule has 0 bridgehead atoms. The molecule has 1 aliphatic heterocycles. The van der Waals surface area contributed by atoms with Crippen molar-refractivity contribution in [3.8, 4) is 0 Å². The maximum absolute atomic E-state index is 13.3. The smallest absolute Gasteiger partial charge is 0.436 e. The summed E-state index contributed by atoms with van der Waals surface area (Å²) in [6, 6.07) is 12.5. The summed E-state index contributed by atoms with van der Waals surface area (Å²) in [5, 5.41) is 12.1. The van der Waals surface area contributed by atoms with Crippen LogP contribution in [0.3, 0.4) is 0 Å². The summed E-state index contributed by atoms with van der Waals surface area (Å²) in [5.41, 5.74) is -2.51. The van der Waals surface area contributed by atoms with Crippen LogP contribution < -0.4 is 5.32 Å². The Kier molecular flexibility index (Phi) is 4.45. The number of ketones is 1. The fraction of sp³-hybridized carbons (Fsp3) is 0.222. The van der Waals surface area contributed by atoms with E-state index in [1.165, 1.54) is 25.3 Å². The second-order valence-electron chi connectivity index (χ2n) is 5.80. The van der Waals surface area contributed by atoms with Crippen LogP contribution >= 0.6 is 0 Å². The maximum atomic E-state index is 13.3. The molecule has 1 unspecified atom stereocenters. The first kappa shape index (κ1) is 17.9. The minimum Gasteiger partial charge on any atom is -0.484 e. The van der Waals surface area contributed by atoms with Crippen molar-refractivity contribution in [2.75, 3.05) is 12.4 Å². The topological polar surface area (TPSA) is 70.9 Å². The normalized spacial score (nSPS) is 19.7. The summed E-state index contributed by atoms with van der Waals surface area (Å²) < 4.78 is 44.7. The van der Waals surface area contributed by atoms with E-state index in [2.05, 4.69) is 10.3 Å². The van der Waals surface area contributed by atoms with E-state index in [0.717, 1.165) is 0 Å². The van der Waals surface area contributed by atoms with Gasteiger partial charge in [-0.1, -0.05) is 30.3 Å². The van der Waals surface area contributed by atoms with Crippen LogP contribution in [0, 0.1) is 0 Å². The molecule has 0 fully saturated rings. The number of carbonyl (C=O) groups is 1. The molecular formula is C18H15F3N2O3. The van der Waals surface area contributed by atoms with E-state index in [-0.39, 0.29) is 28.6 Å². The number of halogens is 3. The first-order valence-electron chi connectivity index (χ1n) is 7.66. The number of anilines is 1. The van der Waals surface area contributed by atoms with E-state index in [1.807, 2.05) is 0 Å². The van der Waals surface area contributed by atoms with Crippen molar-refractivity contribution in [1.82, 2.24) is 0 Å². The van der Waals surface area contributed by atoms with Crippen molar-refractivity contribution in [3.63, 3.8) is 0 Å². The maximum Gasteiger partial charge on any atom is 0.436 e. The summed E-state index contributed by atoms with van der Waals surface area (Å²) in [5.74, 6) is -0.599. The number of hydrogen-bond acceptors (Lipinski definition) is 5. The molecule has 0 radical (unpaired) electrons. The molecule has 0 saturated heterocycles. The van der Waals surface area contributed by atoms with Crippen LogP contribution in [0.25, 0.3) is 0 Å². The summed E-state index contributed by atoms with van der Waals surface area (Å²) >= 11 is 0. The summed E-state index contributed by atoms with van der Waals surface area (Å²) in [6.07, 6.45) is -5.85. The van der Waals surface area contributed by atoms with Gasteiger partial charge in [0.2, 0.25) is 5.72 Å². The van der Waals surface area contributed by atoms with Gasteiger partial charge in [-0.3, -0.25) is 4.79 Å². The molecule has 136 valence electrons. The van der Waals surface area contributed by atoms with Gasteiger partial charge in [0.05, 0.1) is 24.9 Å². The predicted octanol–water partition coefficient (Wildman–Crippen LogP) is 3.66. The Bertz CT molecular complexity index is 866. The van der Waals surface area contributed by atoms with Gasteiger partial charge >= 0.3 is 6.18 Å². The zero-order valence-electron chi connectivity index (χ0n) is 13.7. The molecule has 0 amide bonds. The molecule has 1 heterocycles. The Morgan fingerprint density at radius 1 is 1.19 bits per heavy atom. The zero-order chi connectivity index (χ0) is 18.9. The molecule has 2 aromatic rings. The number of hydrogen-bond donors (Lipinski definition) is 2. The Balaban J connectivity index is 2.04. The fourth-order valence-electron chi connectivity index (χ4n) is 2.58. The lowest BCUT2D eigenvalue weighted by molar-refractivity contribution is -0.245. The van der Waals surface area contributed by atoms with Gasteiger partial charge in [-0.05, 0) is 18.2 Å². The first-order valence-corrected chi connectivity index (χ1v) is 7.66. The lowest BCUT2D eigenvalue weighted by Crippen LogP contribution is -2.53. The monoisotopic (exact) mass is 364 g/mol. The van der Waals surface area contributed by atoms with Crippen molar-refractivity contribution in [2.24, 2.45) is 4.99 Å². The van der Waals surface area contributed by atoms with Crippen molar-refractivity contribution >= 4 is 23.1 Å². The number of benzene rings is 2. The molecule has 5 nitrogen and oxygen atoms in total. The number of fused-ring (bicyclic) bond motifs is 1. The molecule has 26 heavy (non-hydrogen) atoms. The van der Waals surface area contributed by atoms with Gasteiger partial charge in [0, 0.05) is 11.1 Å². The highest BCUT2D eigenvalue weighted by molar-refractivity contribution is 6.10. The minimum absolute atomic E-state index is 0.0542. The molecule has 2 N–H and O–H groups in total. The molecule has 8 heteroatoms. The number of ether oxygens (including phenoxy) is 1. The summed E-state index contributed by atoms with van der Waals surface area (Å²) in [7, 11) is 1.17. The standard InChI is InChI=1S/C18H15F3N2O3/c1-26-15-10-17(25,18(19,20)21)23-13-8-7-12(9-14(13)22-15)16(24)11-5-3-2-4-6-11/h2-9,23,25H,10H2,1H3. The van der Waals surface area contributed by atoms with Crippen LogP contribution in [0.4, 0.5) is 24.5 Å². The number of rotatable bonds is 2. The second-order valence-corrected chi connectivity index (χ2v) is 5.80. The second kappa shape index (κ2) is 6.45. The number of alkyl halides is 3. The van der Waals surface area contributed by atoms with Crippen LogP contribution in [-0.2, 0) is 4.74 Å². The molecular weight excluding hydrogens is 349 g/mol. The lowest BCUT2D eigenvalue weighted by atomic mass is 10.0. The van der Waals surface area contributed by atoms with Crippen LogP contribution in [0.5, 0.6) is 0 Å². The summed E-state index contributed by atoms with van der Waals surface area (Å²) in [4.78, 5) is 16.5. The number of nitrogens with zero attached hydrogens (tertiary/aromatic N) is 1. The highest BCUT2D eigenvalue weighted by Gasteiger charge is 2.56. The van der Waals surface area contributed by atoms with Gasteiger partial charge in [-0.25, -0.2) is 4.99 Å². The Hall–Kier alpha value is -2.87. The van der Waals surface area contributed by atoms with Crippen molar-refractivity contribution in [3.05, 3.63) is 59.7 Å². The lowest BCUT2D eigenvalue weighted by Gasteiger charge is -2.30. The van der Waals surface area contributed by atoms with Gasteiger partial charge in [0.1, 0.15) is 0 Å². The van der Waals surface area contributed by atoms with Gasteiger partial charge in [0.15, 0.2) is 11.7 Å². The zero-order valence-corrected chi connectivity index (χ0v) is 13.7. The highest BCUT2D eigenvalue weighted by Crippen LogP contribution is 2.40. The van der Waals surface area contributed by atoms with Crippen molar-refractivity contribution < 1.29 is 27.8 Å². The van der Waals surface area contributed by atoms with Crippen LogP contribution in [0.15, 0.2) is 53.5 Å². The number of carbonyl (C=O) groups excluding carboxylic acids is 1. The van der Waals surface area contributed by atoms with Crippen LogP contribution in [0.2, 0.25) is 0 Å². The molecule has 1 atom stereocenters. The van der Waals surface area contributed by atoms with E-state index in [0.29, 0.717) is 5.56 Å². The van der Waals surface area contributed by atoms with E-state index < -0.39 is 18.3 Å². The third kappa shape index (κ3) is 3.28. The Morgan fingerprint density at radius 2 is 1.88 bits per heavy atom. The Morgan fingerprint density at radius 3 is 2.50 bits per heavy atom. The first-order chi connectivity index (χ1) is 12.2. The molecule has 0 aliphatic carbocycles. The molecule has 0 aromatic heterocycles. The number of methoxy groups -OCH3 is 1. The van der Waals surface area contributed by atoms with Crippen LogP contribution in [-0.4, -0.2) is 35.8 Å². The predicted molar refractivity (Wildman–Crippen MR) is 89.7 cm³/mol. The highest BCUT2D eigenvalue weighted by atomic mass is 19.4. The molecule has 3 rings (SSSR count). The molecule has 1 aliphatic rings. The third-order valence-electron chi connectivity index (χ3n) is 3.99.